The first-order valence-electron chi connectivity index (χ1n) is 9.31. The highest BCUT2D eigenvalue weighted by molar-refractivity contribution is 7.84. The lowest BCUT2D eigenvalue weighted by atomic mass is 9.74. The van der Waals surface area contributed by atoms with E-state index in [0.717, 1.165) is 11.1 Å². The van der Waals surface area contributed by atoms with E-state index in [1.54, 1.807) is 55.8 Å². The lowest BCUT2D eigenvalue weighted by Gasteiger charge is -2.41. The van der Waals surface area contributed by atoms with E-state index in [2.05, 4.69) is 4.99 Å². The maximum Gasteiger partial charge on any atom is 0.239 e. The monoisotopic (exact) mass is 415 g/mol. The molecule has 0 saturated carbocycles. The molecule has 2 N–H and O–H groups in total. The second-order valence-corrected chi connectivity index (χ2v) is 9.40. The molecule has 3 rings (SSSR count). The van der Waals surface area contributed by atoms with Crippen LogP contribution in [-0.2, 0) is 26.8 Å². The van der Waals surface area contributed by atoms with E-state index in [-0.39, 0.29) is 11.9 Å². The number of hydrogen-bond acceptors (Lipinski definition) is 4. The van der Waals surface area contributed by atoms with Gasteiger partial charge in [-0.15, -0.1) is 0 Å². The highest BCUT2D eigenvalue weighted by Gasteiger charge is 2.47. The van der Waals surface area contributed by atoms with Gasteiger partial charge in [-0.2, -0.15) is 0 Å². The van der Waals surface area contributed by atoms with Crippen molar-refractivity contribution in [3.63, 3.8) is 0 Å². The molecule has 0 saturated heterocycles. The number of carbonyl (C=O) groups is 1. The minimum Gasteiger partial charge on any atom is -0.369 e. The van der Waals surface area contributed by atoms with Crippen LogP contribution in [0.25, 0.3) is 0 Å². The second-order valence-electron chi connectivity index (χ2n) is 8.02. The van der Waals surface area contributed by atoms with E-state index in [9.17, 15) is 13.4 Å². The van der Waals surface area contributed by atoms with E-state index >= 15 is 0 Å². The number of nitrogens with two attached hydrogens (primary N) is 1. The Hall–Kier alpha value is -2.54. The summed E-state index contributed by atoms with van der Waals surface area (Å²) in [5.74, 6) is -0.731. The summed E-state index contributed by atoms with van der Waals surface area (Å²) in [5.41, 5.74) is 5.58. The van der Waals surface area contributed by atoms with Crippen LogP contribution >= 0.6 is 0 Å². The predicted octanol–water partition coefficient (Wildman–Crippen LogP) is 3.41. The molecule has 3 atom stereocenters. The molecule has 1 aliphatic heterocycles. The van der Waals surface area contributed by atoms with Gasteiger partial charge in [-0.1, -0.05) is 36.4 Å². The average Bonchev–Trinajstić information content (AvgIpc) is 2.66. The predicted molar refractivity (Wildman–Crippen MR) is 114 cm³/mol. The molecule has 0 bridgehead atoms. The molecule has 0 spiro atoms. The molecule has 0 fully saturated rings. The molecule has 0 aliphatic carbocycles. The maximum atomic E-state index is 14.3. The van der Waals surface area contributed by atoms with Crippen LogP contribution in [0.2, 0.25) is 0 Å². The molecule has 154 valence electrons. The van der Waals surface area contributed by atoms with Gasteiger partial charge >= 0.3 is 0 Å². The van der Waals surface area contributed by atoms with Gasteiger partial charge < -0.3 is 5.73 Å². The Balaban J connectivity index is 2.18. The van der Waals surface area contributed by atoms with Gasteiger partial charge in [-0.05, 0) is 49.6 Å². The van der Waals surface area contributed by atoms with Gasteiger partial charge in [0.05, 0.1) is 5.92 Å². The van der Waals surface area contributed by atoms with Crippen LogP contribution < -0.4 is 5.73 Å². The third-order valence-corrected chi connectivity index (χ3v) is 6.43. The average molecular weight is 416 g/mol. The Morgan fingerprint density at radius 1 is 1.21 bits per heavy atom. The molecular formula is C22H26FN3O2S. The van der Waals surface area contributed by atoms with E-state index in [0.29, 0.717) is 10.5 Å². The lowest BCUT2D eigenvalue weighted by Crippen LogP contribution is -2.52. The van der Waals surface area contributed by atoms with E-state index in [4.69, 9.17) is 5.73 Å². The molecule has 0 aromatic heterocycles. The van der Waals surface area contributed by atoms with E-state index in [1.807, 2.05) is 13.0 Å². The number of benzene rings is 2. The number of likely N-dealkylation sites (N-methyl/N-ethyl adjacent to an activating group) is 1. The van der Waals surface area contributed by atoms with Gasteiger partial charge in [0.25, 0.3) is 0 Å². The van der Waals surface area contributed by atoms with Crippen LogP contribution in [0.15, 0.2) is 58.4 Å². The first-order valence-corrected chi connectivity index (χ1v) is 10.9. The minimum atomic E-state index is -1.47. The number of nitrogens with zero attached hydrogens (tertiary/aromatic N) is 2. The first kappa shape index (κ1) is 21.2. The summed E-state index contributed by atoms with van der Waals surface area (Å²) in [6.07, 6.45) is 1.60. The third-order valence-electron chi connectivity index (χ3n) is 5.51. The number of alkyl halides is 1. The Morgan fingerprint density at radius 2 is 1.83 bits per heavy atom. The fraction of sp³-hybridized carbons (Fsp3) is 0.364. The first-order chi connectivity index (χ1) is 13.4. The highest BCUT2D eigenvalue weighted by Crippen LogP contribution is 2.44. The van der Waals surface area contributed by atoms with Crippen LogP contribution in [0.3, 0.4) is 0 Å². The van der Waals surface area contributed by atoms with Crippen LogP contribution in [0.1, 0.15) is 43.4 Å². The number of amides is 1. The van der Waals surface area contributed by atoms with Gasteiger partial charge in [-0.25, -0.2) is 9.38 Å². The lowest BCUT2D eigenvalue weighted by molar-refractivity contribution is -0.130. The zero-order valence-corrected chi connectivity index (χ0v) is 18.1. The number of rotatable bonds is 4. The van der Waals surface area contributed by atoms with Crippen molar-refractivity contribution >= 4 is 22.7 Å². The molecular weight excluding hydrogens is 389 g/mol. The SMILES string of the molecule is CN1C(=O)[C@H](c2ccc(C(C)(C)F)cc2)[C@@](C)(c2cccc(S(C)=O)c2)N=C1N. The number of aliphatic imine (C=N–C) groups is 1. The number of carbonyl (C=O) groups excluding carboxylic acids is 1. The maximum absolute atomic E-state index is 14.3. The van der Waals surface area contributed by atoms with Crippen molar-refractivity contribution < 1.29 is 13.4 Å². The van der Waals surface area contributed by atoms with Crippen LogP contribution in [-0.4, -0.2) is 34.3 Å². The summed E-state index contributed by atoms with van der Waals surface area (Å²) in [4.78, 5) is 19.9. The topological polar surface area (TPSA) is 75.8 Å². The molecule has 2 aromatic rings. The van der Waals surface area contributed by atoms with E-state index in [1.165, 1.54) is 18.7 Å². The van der Waals surface area contributed by atoms with Crippen LogP contribution in [0.5, 0.6) is 0 Å². The number of halogens is 1. The molecule has 29 heavy (non-hydrogen) atoms. The summed E-state index contributed by atoms with van der Waals surface area (Å²) in [5, 5.41) is 0. The van der Waals surface area contributed by atoms with Crippen molar-refractivity contribution in [3.05, 3.63) is 65.2 Å². The molecule has 1 amide bonds. The molecule has 1 unspecified atom stereocenters. The van der Waals surface area contributed by atoms with Crippen molar-refractivity contribution in [2.45, 2.75) is 42.8 Å². The molecule has 1 heterocycles. The van der Waals surface area contributed by atoms with E-state index < -0.39 is 27.9 Å². The van der Waals surface area contributed by atoms with Gasteiger partial charge in [0.15, 0.2) is 5.96 Å². The summed E-state index contributed by atoms with van der Waals surface area (Å²) < 4.78 is 26.3. The zero-order chi connectivity index (χ0) is 21.6. The smallest absolute Gasteiger partial charge is 0.239 e. The zero-order valence-electron chi connectivity index (χ0n) is 17.3. The standard InChI is InChI=1S/C22H26FN3O2S/c1-21(2,23)15-11-9-14(10-12-15)18-19(27)26(4)20(24)25-22(18,3)16-7-6-8-17(13-16)29(5)28/h6-13,18H,1-5H3,(H2,24,25)/t18-,22+,29?/m0/s1. The van der Waals surface area contributed by atoms with Crippen LogP contribution in [0.4, 0.5) is 4.39 Å². The summed E-state index contributed by atoms with van der Waals surface area (Å²) >= 11 is 0. The van der Waals surface area contributed by atoms with Crippen molar-refractivity contribution in [1.29, 1.82) is 0 Å². The van der Waals surface area contributed by atoms with Crippen molar-refractivity contribution in [1.82, 2.24) is 4.90 Å². The van der Waals surface area contributed by atoms with Gasteiger partial charge in [0, 0.05) is 29.0 Å². The largest absolute Gasteiger partial charge is 0.369 e. The summed E-state index contributed by atoms with van der Waals surface area (Å²) in [7, 11) is 0.416. The van der Waals surface area contributed by atoms with Gasteiger partial charge in [-0.3, -0.25) is 13.9 Å². The fourth-order valence-electron chi connectivity index (χ4n) is 3.68. The quantitative estimate of drug-likeness (QED) is 0.831. The van der Waals surface area contributed by atoms with Crippen molar-refractivity contribution in [2.75, 3.05) is 13.3 Å². The molecule has 1 aliphatic rings. The molecule has 5 nitrogen and oxygen atoms in total. The van der Waals surface area contributed by atoms with Gasteiger partial charge in [0.2, 0.25) is 5.91 Å². The molecule has 0 radical (unpaired) electrons. The minimum absolute atomic E-state index is 0.123. The Morgan fingerprint density at radius 3 is 2.38 bits per heavy atom. The second kappa shape index (κ2) is 7.37. The Labute approximate surface area is 173 Å². The molecule has 2 aromatic carbocycles. The summed E-state index contributed by atoms with van der Waals surface area (Å²) in [6, 6.07) is 14.2. The van der Waals surface area contributed by atoms with Gasteiger partial charge in [0.1, 0.15) is 11.2 Å². The third kappa shape index (κ3) is 3.83. The highest BCUT2D eigenvalue weighted by atomic mass is 32.2. The Kier molecular flexibility index (Phi) is 5.38. The number of hydrogen-bond donors (Lipinski definition) is 1. The van der Waals surface area contributed by atoms with Crippen molar-refractivity contribution in [2.24, 2.45) is 10.7 Å². The Bertz CT molecular complexity index is 998. The van der Waals surface area contributed by atoms with Crippen molar-refractivity contribution in [3.8, 4) is 0 Å². The van der Waals surface area contributed by atoms with Crippen LogP contribution in [0, 0.1) is 0 Å². The summed E-state index contributed by atoms with van der Waals surface area (Å²) in [6.45, 7) is 4.83. The normalized spacial score (nSPS) is 23.7. The fourth-order valence-corrected chi connectivity index (χ4v) is 4.25. The molecule has 7 heteroatoms. The number of guanidine groups is 1.